The predicted molar refractivity (Wildman–Crippen MR) is 38.5 cm³/mol. The molecule has 0 atom stereocenters. The molecule has 0 aromatic heterocycles. The van der Waals surface area contributed by atoms with Gasteiger partial charge in [0.2, 0.25) is 0 Å². The molecule has 1 rings (SSSR count). The average Bonchev–Trinajstić information content (AvgIpc) is 1.91. The molecule has 0 aliphatic carbocycles. The van der Waals surface area contributed by atoms with Gasteiger partial charge in [-0.2, -0.15) is 0 Å². The van der Waals surface area contributed by atoms with Crippen LogP contribution in [0.2, 0.25) is 0 Å². The molecule has 0 unspecified atom stereocenters. The fraction of sp³-hybridized carbons (Fsp3) is 1.00. The van der Waals surface area contributed by atoms with Gasteiger partial charge in [-0.1, -0.05) is 6.42 Å². The van der Waals surface area contributed by atoms with E-state index in [-0.39, 0.29) is 31.0 Å². The Hall–Kier alpha value is 0.920. The molecule has 0 aromatic rings. The minimum Gasteiger partial charge on any atom is -1.00 e. The van der Waals surface area contributed by atoms with Crippen molar-refractivity contribution in [3.8, 4) is 0 Å². The number of hydrogen-bond donors (Lipinski definition) is 1. The van der Waals surface area contributed by atoms with Crippen LogP contribution >= 0.6 is 0 Å². The van der Waals surface area contributed by atoms with Gasteiger partial charge in [0, 0.05) is 6.54 Å². The zero-order chi connectivity index (χ0) is 6.53. The van der Waals surface area contributed by atoms with E-state index in [0.717, 1.165) is 6.54 Å². The van der Waals surface area contributed by atoms with E-state index in [2.05, 4.69) is 4.90 Å². The van der Waals surface area contributed by atoms with Crippen molar-refractivity contribution < 1.29 is 36.1 Å². The number of aliphatic hydroxyl groups is 1. The van der Waals surface area contributed by atoms with Crippen molar-refractivity contribution in [3.63, 3.8) is 0 Å². The van der Waals surface area contributed by atoms with Crippen LogP contribution in [-0.4, -0.2) is 36.2 Å². The molecule has 0 amide bonds. The smallest absolute Gasteiger partial charge is 1.00 e. The second-order valence-corrected chi connectivity index (χ2v) is 2.63. The van der Waals surface area contributed by atoms with Gasteiger partial charge in [-0.15, -0.1) is 0 Å². The molecule has 56 valence electrons. The molecule has 0 spiro atoms. The summed E-state index contributed by atoms with van der Waals surface area (Å²) >= 11 is 0. The Morgan fingerprint density at radius 1 is 1.20 bits per heavy atom. The Balaban J connectivity index is 0. The van der Waals surface area contributed by atoms with Gasteiger partial charge in [0.1, 0.15) is 0 Å². The van der Waals surface area contributed by atoms with Gasteiger partial charge in [0.25, 0.3) is 0 Å². The summed E-state index contributed by atoms with van der Waals surface area (Å²) in [4.78, 5) is 2.32. The zero-order valence-electron chi connectivity index (χ0n) is 7.84. The Kier molecular flexibility index (Phi) is 7.23. The summed E-state index contributed by atoms with van der Waals surface area (Å²) in [6, 6.07) is 0. The van der Waals surface area contributed by atoms with Crippen LogP contribution in [0.15, 0.2) is 0 Å². The van der Waals surface area contributed by atoms with E-state index >= 15 is 0 Å². The van der Waals surface area contributed by atoms with Gasteiger partial charge in [0.15, 0.2) is 0 Å². The first-order chi connectivity index (χ1) is 4.43. The zero-order valence-corrected chi connectivity index (χ0v) is 8.84. The van der Waals surface area contributed by atoms with Crippen LogP contribution in [-0.2, 0) is 0 Å². The summed E-state index contributed by atoms with van der Waals surface area (Å²) in [5.74, 6) is 0. The summed E-state index contributed by atoms with van der Waals surface area (Å²) in [5, 5.41) is 8.58. The van der Waals surface area contributed by atoms with E-state index in [4.69, 9.17) is 5.11 Å². The monoisotopic (exact) mass is 153 g/mol. The first kappa shape index (κ1) is 10.9. The Morgan fingerprint density at radius 2 is 1.80 bits per heavy atom. The van der Waals surface area contributed by atoms with Crippen LogP contribution < -0.4 is 29.6 Å². The van der Waals surface area contributed by atoms with Crippen molar-refractivity contribution in [3.05, 3.63) is 0 Å². The molecule has 1 aliphatic rings. The van der Waals surface area contributed by atoms with Crippen LogP contribution in [0, 0.1) is 0 Å². The number of nitrogens with zero attached hydrogens (tertiary/aromatic N) is 1. The van der Waals surface area contributed by atoms with E-state index in [0.29, 0.717) is 6.61 Å². The maximum absolute atomic E-state index is 8.58. The third-order valence-electron chi connectivity index (χ3n) is 1.86. The Morgan fingerprint density at radius 3 is 2.30 bits per heavy atom. The van der Waals surface area contributed by atoms with Gasteiger partial charge in [-0.25, -0.2) is 0 Å². The fourth-order valence-electron chi connectivity index (χ4n) is 1.32. The van der Waals surface area contributed by atoms with Crippen molar-refractivity contribution in [2.75, 3.05) is 26.2 Å². The maximum Gasteiger partial charge on any atom is 1.00 e. The summed E-state index contributed by atoms with van der Waals surface area (Å²) < 4.78 is 0. The molecule has 3 heteroatoms. The van der Waals surface area contributed by atoms with E-state index in [9.17, 15) is 0 Å². The molecule has 1 aliphatic heterocycles. The Bertz CT molecular complexity index is 76.1. The number of rotatable bonds is 2. The van der Waals surface area contributed by atoms with Crippen LogP contribution in [0.1, 0.15) is 20.7 Å². The van der Waals surface area contributed by atoms with Crippen LogP contribution in [0.5, 0.6) is 0 Å². The third kappa shape index (κ3) is 3.94. The van der Waals surface area contributed by atoms with Crippen molar-refractivity contribution in [1.29, 1.82) is 0 Å². The number of hydrogen-bond acceptors (Lipinski definition) is 2. The van der Waals surface area contributed by atoms with Crippen molar-refractivity contribution >= 4 is 0 Å². The predicted octanol–water partition coefficient (Wildman–Crippen LogP) is -2.42. The molecule has 1 fully saturated rings. The Labute approximate surface area is 86.4 Å². The second-order valence-electron chi connectivity index (χ2n) is 2.63. The average molecular weight is 153 g/mol. The van der Waals surface area contributed by atoms with Gasteiger partial charge in [0.05, 0.1) is 6.61 Å². The van der Waals surface area contributed by atoms with E-state index in [1.807, 2.05) is 0 Å². The van der Waals surface area contributed by atoms with E-state index < -0.39 is 0 Å². The molecule has 0 aromatic carbocycles. The molecule has 1 heterocycles. The number of aliphatic hydroxyl groups excluding tert-OH is 1. The normalized spacial score (nSPS) is 20.1. The topological polar surface area (TPSA) is 23.5 Å². The second kappa shape index (κ2) is 6.62. The molecule has 0 bridgehead atoms. The molecule has 0 radical (unpaired) electrons. The molecule has 2 nitrogen and oxygen atoms in total. The fourth-order valence-corrected chi connectivity index (χ4v) is 1.32. The minimum absolute atomic E-state index is 0. The number of β-amino-alcohol motifs (C(OH)–C–C–N with tert-alkyl or cyclic N) is 1. The molecule has 1 saturated heterocycles. The number of likely N-dealkylation sites (tertiary alicyclic amines) is 1. The molecule has 0 saturated carbocycles. The first-order valence-corrected chi connectivity index (χ1v) is 3.76. The van der Waals surface area contributed by atoms with Crippen molar-refractivity contribution in [2.45, 2.75) is 19.3 Å². The molecule has 1 N–H and O–H groups in total. The van der Waals surface area contributed by atoms with E-state index in [1.165, 1.54) is 32.4 Å². The van der Waals surface area contributed by atoms with E-state index in [1.54, 1.807) is 0 Å². The third-order valence-corrected chi connectivity index (χ3v) is 1.86. The summed E-state index contributed by atoms with van der Waals surface area (Å²) in [5.41, 5.74) is 0. The van der Waals surface area contributed by atoms with Gasteiger partial charge in [-0.3, -0.25) is 0 Å². The van der Waals surface area contributed by atoms with Gasteiger partial charge < -0.3 is 11.4 Å². The van der Waals surface area contributed by atoms with Crippen molar-refractivity contribution in [1.82, 2.24) is 4.90 Å². The van der Waals surface area contributed by atoms with Crippen LogP contribution in [0.3, 0.4) is 0 Å². The van der Waals surface area contributed by atoms with Crippen LogP contribution in [0.25, 0.3) is 0 Å². The SMILES string of the molecule is OCCN1CCCCC1.[H-].[Na+]. The largest absolute Gasteiger partial charge is 1.00 e. The first-order valence-electron chi connectivity index (χ1n) is 3.76. The standard InChI is InChI=1S/C7H15NO.Na.H/c9-7-6-8-4-2-1-3-5-8;;/h9H,1-7H2;;/q;+1;-1. The summed E-state index contributed by atoms with van der Waals surface area (Å²) in [6.45, 7) is 3.58. The van der Waals surface area contributed by atoms with Gasteiger partial charge >= 0.3 is 29.6 Å². The van der Waals surface area contributed by atoms with Gasteiger partial charge in [-0.05, 0) is 25.9 Å². The summed E-state index contributed by atoms with van der Waals surface area (Å²) in [7, 11) is 0. The quantitative estimate of drug-likeness (QED) is 0.446. The minimum atomic E-state index is 0. The number of piperidine rings is 1. The molecule has 10 heavy (non-hydrogen) atoms. The van der Waals surface area contributed by atoms with Crippen molar-refractivity contribution in [2.24, 2.45) is 0 Å². The van der Waals surface area contributed by atoms with Crippen LogP contribution in [0.4, 0.5) is 0 Å². The maximum atomic E-state index is 8.58. The molecular formula is C7H16NNaO. The summed E-state index contributed by atoms with van der Waals surface area (Å²) in [6.07, 6.45) is 4.02. The molecular weight excluding hydrogens is 137 g/mol.